The summed E-state index contributed by atoms with van der Waals surface area (Å²) in [4.78, 5) is 8.67. The smallest absolute Gasteiger partial charge is 0.255 e. The normalized spacial score (nSPS) is 20.4. The molecule has 0 unspecified atom stereocenters. The van der Waals surface area contributed by atoms with Crippen molar-refractivity contribution in [3.8, 4) is 0 Å². The molecule has 1 aliphatic carbocycles. The zero-order valence-electron chi connectivity index (χ0n) is 13.8. The lowest BCUT2D eigenvalue weighted by Gasteiger charge is -2.15. The van der Waals surface area contributed by atoms with Crippen molar-refractivity contribution in [2.75, 3.05) is 18.5 Å². The Labute approximate surface area is 149 Å². The number of alkyl halides is 2. The minimum atomic E-state index is -2.47. The Morgan fingerprint density at radius 3 is 3.04 bits per heavy atom. The molecule has 2 atom stereocenters. The number of hydrogen-bond acceptors (Lipinski definition) is 5. The SMILES string of the molecule is CCOC(=N)[C@@H]1CC[C@H](n2cnc3c(NCC(F)F)cc(Cl)nc32)C1. The molecule has 2 aromatic rings. The molecule has 0 bridgehead atoms. The summed E-state index contributed by atoms with van der Waals surface area (Å²) in [5.74, 6) is 0.401. The summed E-state index contributed by atoms with van der Waals surface area (Å²) in [5, 5.41) is 10.9. The third kappa shape index (κ3) is 3.84. The van der Waals surface area contributed by atoms with Gasteiger partial charge in [0.15, 0.2) is 11.5 Å². The third-order valence-corrected chi connectivity index (χ3v) is 4.61. The monoisotopic (exact) mass is 371 g/mol. The molecular weight excluding hydrogens is 352 g/mol. The summed E-state index contributed by atoms with van der Waals surface area (Å²) < 4.78 is 32.2. The molecule has 0 radical (unpaired) electrons. The molecule has 2 aromatic heterocycles. The van der Waals surface area contributed by atoms with Gasteiger partial charge in [0.2, 0.25) is 0 Å². The van der Waals surface area contributed by atoms with E-state index in [9.17, 15) is 8.78 Å². The first-order valence-corrected chi connectivity index (χ1v) is 8.63. The molecule has 0 spiro atoms. The highest BCUT2D eigenvalue weighted by Gasteiger charge is 2.31. The fourth-order valence-electron chi connectivity index (χ4n) is 3.29. The number of pyridine rings is 1. The summed E-state index contributed by atoms with van der Waals surface area (Å²) in [5.41, 5.74) is 1.54. The zero-order valence-corrected chi connectivity index (χ0v) is 14.6. The summed E-state index contributed by atoms with van der Waals surface area (Å²) in [6, 6.07) is 1.64. The number of ether oxygens (including phenoxy) is 1. The Morgan fingerprint density at radius 2 is 2.32 bits per heavy atom. The predicted octanol–water partition coefficient (Wildman–Crippen LogP) is 4.12. The van der Waals surface area contributed by atoms with Crippen LogP contribution < -0.4 is 5.32 Å². The molecule has 1 aliphatic rings. The van der Waals surface area contributed by atoms with Gasteiger partial charge in [0, 0.05) is 18.0 Å². The van der Waals surface area contributed by atoms with Crippen molar-refractivity contribution < 1.29 is 13.5 Å². The van der Waals surface area contributed by atoms with Crippen molar-refractivity contribution in [2.45, 2.75) is 38.7 Å². The van der Waals surface area contributed by atoms with Crippen molar-refractivity contribution in [3.05, 3.63) is 17.5 Å². The summed E-state index contributed by atoms with van der Waals surface area (Å²) in [6.07, 6.45) is 1.70. The summed E-state index contributed by atoms with van der Waals surface area (Å²) in [7, 11) is 0. The van der Waals surface area contributed by atoms with Gasteiger partial charge in [-0.3, -0.25) is 5.41 Å². The van der Waals surface area contributed by atoms with Crippen LogP contribution in [-0.4, -0.2) is 40.0 Å². The first-order valence-electron chi connectivity index (χ1n) is 8.26. The van der Waals surface area contributed by atoms with Crippen molar-refractivity contribution >= 4 is 34.3 Å². The fraction of sp³-hybridized carbons (Fsp3) is 0.562. The molecule has 6 nitrogen and oxygen atoms in total. The number of imidazole rings is 1. The lowest BCUT2D eigenvalue weighted by Crippen LogP contribution is -2.15. The number of rotatable bonds is 6. The average Bonchev–Trinajstić information content (AvgIpc) is 3.19. The largest absolute Gasteiger partial charge is 0.481 e. The van der Waals surface area contributed by atoms with E-state index in [2.05, 4.69) is 15.3 Å². The van der Waals surface area contributed by atoms with E-state index in [1.165, 1.54) is 6.07 Å². The van der Waals surface area contributed by atoms with Crippen molar-refractivity contribution in [3.63, 3.8) is 0 Å². The van der Waals surface area contributed by atoms with Gasteiger partial charge in [-0.25, -0.2) is 18.7 Å². The van der Waals surface area contributed by atoms with Crippen LogP contribution >= 0.6 is 11.6 Å². The van der Waals surface area contributed by atoms with E-state index in [0.29, 0.717) is 29.4 Å². The molecule has 2 N–H and O–H groups in total. The van der Waals surface area contributed by atoms with Crippen LogP contribution in [0.1, 0.15) is 32.2 Å². The van der Waals surface area contributed by atoms with Gasteiger partial charge in [-0.05, 0) is 26.2 Å². The number of anilines is 1. The van der Waals surface area contributed by atoms with E-state index in [1.807, 2.05) is 11.5 Å². The van der Waals surface area contributed by atoms with Crippen LogP contribution in [0.2, 0.25) is 5.15 Å². The van der Waals surface area contributed by atoms with Crippen LogP contribution in [-0.2, 0) is 4.74 Å². The first kappa shape index (κ1) is 17.8. The van der Waals surface area contributed by atoms with Crippen LogP contribution in [0.25, 0.3) is 11.2 Å². The van der Waals surface area contributed by atoms with E-state index >= 15 is 0 Å². The van der Waals surface area contributed by atoms with Gasteiger partial charge in [0.1, 0.15) is 10.7 Å². The van der Waals surface area contributed by atoms with E-state index in [-0.39, 0.29) is 17.1 Å². The van der Waals surface area contributed by atoms with Gasteiger partial charge in [0.05, 0.1) is 25.2 Å². The molecule has 0 aliphatic heterocycles. The minimum Gasteiger partial charge on any atom is -0.481 e. The fourth-order valence-corrected chi connectivity index (χ4v) is 3.48. The Morgan fingerprint density at radius 1 is 1.52 bits per heavy atom. The molecule has 2 heterocycles. The second-order valence-corrected chi connectivity index (χ2v) is 6.44. The third-order valence-electron chi connectivity index (χ3n) is 4.41. The van der Waals surface area contributed by atoms with Crippen LogP contribution in [0.5, 0.6) is 0 Å². The van der Waals surface area contributed by atoms with Crippen LogP contribution in [0.15, 0.2) is 12.4 Å². The minimum absolute atomic E-state index is 0.0815. The lowest BCUT2D eigenvalue weighted by molar-refractivity contribution is 0.163. The Kier molecular flexibility index (Phi) is 5.36. The maximum absolute atomic E-state index is 12.5. The van der Waals surface area contributed by atoms with Crippen LogP contribution in [0, 0.1) is 11.3 Å². The summed E-state index contributed by atoms with van der Waals surface area (Å²) >= 11 is 6.06. The first-order chi connectivity index (χ1) is 12.0. The van der Waals surface area contributed by atoms with E-state index in [1.54, 1.807) is 6.33 Å². The Hall–Kier alpha value is -1.96. The molecule has 1 fully saturated rings. The molecular formula is C16H20ClF2N5O. The van der Waals surface area contributed by atoms with Crippen molar-refractivity contribution in [1.29, 1.82) is 5.41 Å². The number of hydrogen-bond donors (Lipinski definition) is 2. The van der Waals surface area contributed by atoms with E-state index < -0.39 is 13.0 Å². The molecule has 1 saturated carbocycles. The van der Waals surface area contributed by atoms with Gasteiger partial charge in [0.25, 0.3) is 6.43 Å². The highest BCUT2D eigenvalue weighted by atomic mass is 35.5. The lowest BCUT2D eigenvalue weighted by atomic mass is 10.1. The number of nitrogens with zero attached hydrogens (tertiary/aromatic N) is 3. The van der Waals surface area contributed by atoms with E-state index in [4.69, 9.17) is 21.7 Å². The maximum atomic E-state index is 12.5. The van der Waals surface area contributed by atoms with Crippen molar-refractivity contribution in [2.24, 2.45) is 5.92 Å². The second kappa shape index (κ2) is 7.51. The van der Waals surface area contributed by atoms with Crippen molar-refractivity contribution in [1.82, 2.24) is 14.5 Å². The topological polar surface area (TPSA) is 75.8 Å². The second-order valence-electron chi connectivity index (χ2n) is 6.05. The molecule has 9 heteroatoms. The van der Waals surface area contributed by atoms with Gasteiger partial charge < -0.3 is 14.6 Å². The zero-order chi connectivity index (χ0) is 18.0. The highest BCUT2D eigenvalue weighted by Crippen LogP contribution is 2.37. The molecule has 25 heavy (non-hydrogen) atoms. The molecule has 0 aromatic carbocycles. The van der Waals surface area contributed by atoms with Crippen LogP contribution in [0.3, 0.4) is 0 Å². The van der Waals surface area contributed by atoms with E-state index in [0.717, 1.165) is 19.3 Å². The summed E-state index contributed by atoms with van der Waals surface area (Å²) in [6.45, 7) is 1.88. The standard InChI is InChI=1S/C16H20ClF2N5O/c1-2-25-15(20)9-3-4-10(5-9)24-8-22-14-11(21-7-13(18)19)6-12(17)23-16(14)24/h6,8-10,13,20H,2-5,7H2,1H3,(H,21,23)/t9-,10+/m1/s1. The number of nitrogens with one attached hydrogen (secondary N) is 2. The quantitative estimate of drug-likeness (QED) is 0.455. The number of halogens is 3. The molecule has 0 saturated heterocycles. The highest BCUT2D eigenvalue weighted by molar-refractivity contribution is 6.30. The number of fused-ring (bicyclic) bond motifs is 1. The van der Waals surface area contributed by atoms with Gasteiger partial charge in [-0.1, -0.05) is 11.6 Å². The molecule has 136 valence electrons. The van der Waals surface area contributed by atoms with Gasteiger partial charge in [-0.15, -0.1) is 0 Å². The predicted molar refractivity (Wildman–Crippen MR) is 92.8 cm³/mol. The van der Waals surface area contributed by atoms with Crippen LogP contribution in [0.4, 0.5) is 14.5 Å². The Balaban J connectivity index is 1.85. The Bertz CT molecular complexity index is 766. The van der Waals surface area contributed by atoms with Gasteiger partial charge >= 0.3 is 0 Å². The molecule has 0 amide bonds. The number of aromatic nitrogens is 3. The average molecular weight is 372 g/mol. The van der Waals surface area contributed by atoms with Gasteiger partial charge in [-0.2, -0.15) is 0 Å². The maximum Gasteiger partial charge on any atom is 0.255 e. The molecule has 3 rings (SSSR count).